The molecule has 1 amide bonds. The lowest BCUT2D eigenvalue weighted by atomic mass is 9.72. The van der Waals surface area contributed by atoms with Crippen LogP contribution in [-0.2, 0) is 11.2 Å². The molecule has 0 saturated carbocycles. The van der Waals surface area contributed by atoms with E-state index < -0.39 is 19.0 Å². The van der Waals surface area contributed by atoms with Crippen LogP contribution in [0.3, 0.4) is 0 Å². The first-order valence-corrected chi connectivity index (χ1v) is 8.77. The molecule has 2 aliphatic heterocycles. The molecule has 2 aliphatic rings. The molecule has 28 heavy (non-hydrogen) atoms. The van der Waals surface area contributed by atoms with Crippen molar-refractivity contribution in [1.82, 2.24) is 26.6 Å². The smallest absolute Gasteiger partial charge is 0.534 e. The number of amides is 1. The van der Waals surface area contributed by atoms with E-state index in [2.05, 4.69) is 21.6 Å². The summed E-state index contributed by atoms with van der Waals surface area (Å²) in [5.41, 5.74) is 7.09. The molecule has 3 rings (SSSR count). The Balaban J connectivity index is 1.55. The van der Waals surface area contributed by atoms with E-state index in [1.807, 2.05) is 0 Å². The number of hydrogen-bond donors (Lipinski definition) is 7. The van der Waals surface area contributed by atoms with Crippen molar-refractivity contribution in [2.75, 3.05) is 26.2 Å². The van der Waals surface area contributed by atoms with Gasteiger partial charge in [0.15, 0.2) is 0 Å². The summed E-state index contributed by atoms with van der Waals surface area (Å²) in [7, 11) is -1.35. The summed E-state index contributed by atoms with van der Waals surface area (Å²) in [6.07, 6.45) is 1.97. The molecule has 0 fully saturated rings. The highest BCUT2D eigenvalue weighted by Crippen LogP contribution is 2.30. The largest absolute Gasteiger partial charge is 0.547 e. The Morgan fingerprint density at radius 2 is 2.21 bits per heavy atom. The summed E-state index contributed by atoms with van der Waals surface area (Å²) in [5.74, 6) is -2.06. The SMILES string of the molecule is O=C(CN1C=C(CNCCO)NN1)N[C@H]1Cc2cccc(C(=O)O)c2OB1O. The minimum Gasteiger partial charge on any atom is -0.534 e. The van der Waals surface area contributed by atoms with Gasteiger partial charge >= 0.3 is 13.1 Å². The summed E-state index contributed by atoms with van der Waals surface area (Å²) in [4.78, 5) is 23.6. The van der Waals surface area contributed by atoms with Crippen molar-refractivity contribution in [3.63, 3.8) is 0 Å². The normalized spacial score (nSPS) is 18.1. The van der Waals surface area contributed by atoms with Crippen molar-refractivity contribution < 1.29 is 29.5 Å². The molecule has 1 aromatic carbocycles. The number of benzene rings is 1. The molecule has 11 nitrogen and oxygen atoms in total. The van der Waals surface area contributed by atoms with Crippen LogP contribution in [0.4, 0.5) is 0 Å². The van der Waals surface area contributed by atoms with Crippen molar-refractivity contribution >= 4 is 19.0 Å². The first-order valence-electron chi connectivity index (χ1n) is 8.77. The van der Waals surface area contributed by atoms with E-state index in [1.54, 1.807) is 18.3 Å². The van der Waals surface area contributed by atoms with Gasteiger partial charge in [-0.15, -0.1) is 5.53 Å². The number of carbonyl (C=O) groups excluding carboxylic acids is 1. The second kappa shape index (κ2) is 8.93. The Hall–Kier alpha value is -2.80. The molecule has 1 aromatic rings. The standard InChI is InChI=1S/C16H22BN5O6/c23-5-4-18-7-11-8-22(21-20-11)9-14(24)19-13-6-10-2-1-3-12(16(25)26)15(10)28-17(13)27/h1-3,8,13,18,20-21,23,27H,4-7,9H2,(H,19,24)(H,25,26)/t13-/m0/s1. The summed E-state index contributed by atoms with van der Waals surface area (Å²) in [6, 6.07) is 4.70. The van der Waals surface area contributed by atoms with Gasteiger partial charge in [0.2, 0.25) is 5.91 Å². The zero-order valence-electron chi connectivity index (χ0n) is 15.0. The predicted molar refractivity (Wildman–Crippen MR) is 98.7 cm³/mol. The summed E-state index contributed by atoms with van der Waals surface area (Å²) in [5, 5.41) is 35.4. The summed E-state index contributed by atoms with van der Waals surface area (Å²) in [6.45, 7) is 0.991. The third-order valence-corrected chi connectivity index (χ3v) is 4.29. The second-order valence-corrected chi connectivity index (χ2v) is 6.40. The van der Waals surface area contributed by atoms with E-state index in [0.717, 1.165) is 5.70 Å². The Kier molecular flexibility index (Phi) is 6.36. The fraction of sp³-hybridized carbons (Fsp3) is 0.375. The maximum atomic E-state index is 12.3. The zero-order chi connectivity index (χ0) is 20.1. The molecule has 12 heteroatoms. The average Bonchev–Trinajstić information content (AvgIpc) is 3.09. The number of aliphatic hydroxyl groups excluding tert-OH is 1. The van der Waals surface area contributed by atoms with Crippen LogP contribution in [0.1, 0.15) is 15.9 Å². The minimum atomic E-state index is -1.35. The Labute approximate surface area is 161 Å². The number of aliphatic hydroxyl groups is 1. The van der Waals surface area contributed by atoms with E-state index in [9.17, 15) is 19.7 Å². The van der Waals surface area contributed by atoms with E-state index in [1.165, 1.54) is 11.1 Å². The number of aromatic carboxylic acids is 1. The summed E-state index contributed by atoms with van der Waals surface area (Å²) < 4.78 is 5.36. The van der Waals surface area contributed by atoms with Gasteiger partial charge in [-0.2, -0.15) is 0 Å². The topological polar surface area (TPSA) is 155 Å². The molecule has 150 valence electrons. The molecule has 0 bridgehead atoms. The molecular formula is C16H22BN5O6. The molecule has 0 saturated heterocycles. The number of fused-ring (bicyclic) bond motifs is 1. The molecule has 0 aliphatic carbocycles. The van der Waals surface area contributed by atoms with Gasteiger partial charge in [-0.3, -0.25) is 9.80 Å². The lowest BCUT2D eigenvalue weighted by Crippen LogP contribution is -2.55. The Morgan fingerprint density at radius 3 is 2.96 bits per heavy atom. The molecule has 0 unspecified atom stereocenters. The predicted octanol–water partition coefficient (Wildman–Crippen LogP) is -2.43. The number of carbonyl (C=O) groups is 2. The van der Waals surface area contributed by atoms with Crippen molar-refractivity contribution in [3.8, 4) is 5.75 Å². The highest BCUT2D eigenvalue weighted by molar-refractivity contribution is 6.47. The third kappa shape index (κ3) is 4.73. The van der Waals surface area contributed by atoms with Crippen LogP contribution in [0, 0.1) is 0 Å². The number of carboxylic acids is 1. The lowest BCUT2D eigenvalue weighted by Gasteiger charge is -2.29. The quantitative estimate of drug-likeness (QED) is 0.188. The fourth-order valence-electron chi connectivity index (χ4n) is 3.00. The number of rotatable bonds is 8. The van der Waals surface area contributed by atoms with Crippen LogP contribution < -0.4 is 26.2 Å². The lowest BCUT2D eigenvalue weighted by molar-refractivity contribution is -0.122. The van der Waals surface area contributed by atoms with Gasteiger partial charge in [0, 0.05) is 19.3 Å². The highest BCUT2D eigenvalue weighted by Gasteiger charge is 2.37. The second-order valence-electron chi connectivity index (χ2n) is 6.40. The van der Waals surface area contributed by atoms with Crippen LogP contribution in [0.2, 0.25) is 0 Å². The van der Waals surface area contributed by atoms with Gasteiger partial charge in [0.1, 0.15) is 12.3 Å². The molecule has 0 aromatic heterocycles. The molecule has 0 radical (unpaired) electrons. The van der Waals surface area contributed by atoms with Crippen LogP contribution in [0.25, 0.3) is 0 Å². The maximum absolute atomic E-state index is 12.3. The fourth-order valence-corrected chi connectivity index (χ4v) is 3.00. The molecule has 1 atom stereocenters. The first kappa shape index (κ1) is 20.0. The molecule has 7 N–H and O–H groups in total. The number of carboxylic acid groups (broad SMARTS) is 1. The monoisotopic (exact) mass is 391 g/mol. The van der Waals surface area contributed by atoms with Gasteiger partial charge in [-0.25, -0.2) is 4.79 Å². The van der Waals surface area contributed by atoms with E-state index in [-0.39, 0.29) is 36.8 Å². The van der Waals surface area contributed by atoms with E-state index >= 15 is 0 Å². The van der Waals surface area contributed by atoms with Crippen LogP contribution in [-0.4, -0.2) is 71.4 Å². The number of nitrogens with one attached hydrogen (secondary N) is 4. The third-order valence-electron chi connectivity index (χ3n) is 4.29. The van der Waals surface area contributed by atoms with Gasteiger partial charge < -0.3 is 36.0 Å². The van der Waals surface area contributed by atoms with Gasteiger partial charge in [0.25, 0.3) is 0 Å². The van der Waals surface area contributed by atoms with Gasteiger partial charge in [-0.05, 0) is 18.1 Å². The van der Waals surface area contributed by atoms with E-state index in [4.69, 9.17) is 9.76 Å². The highest BCUT2D eigenvalue weighted by atomic mass is 16.5. The number of nitrogens with zero attached hydrogens (tertiary/aromatic N) is 1. The number of hydrogen-bond acceptors (Lipinski definition) is 9. The van der Waals surface area contributed by atoms with Crippen LogP contribution in [0.15, 0.2) is 30.1 Å². The van der Waals surface area contributed by atoms with Gasteiger partial charge in [-0.1, -0.05) is 12.1 Å². The minimum absolute atomic E-state index is 0.0122. The average molecular weight is 391 g/mol. The summed E-state index contributed by atoms with van der Waals surface area (Å²) >= 11 is 0. The number of hydrazine groups is 2. The Morgan fingerprint density at radius 1 is 1.39 bits per heavy atom. The van der Waals surface area contributed by atoms with E-state index in [0.29, 0.717) is 18.7 Å². The van der Waals surface area contributed by atoms with Crippen molar-refractivity contribution in [2.24, 2.45) is 0 Å². The first-order chi connectivity index (χ1) is 13.5. The Bertz CT molecular complexity index is 776. The van der Waals surface area contributed by atoms with Crippen LogP contribution >= 0.6 is 0 Å². The van der Waals surface area contributed by atoms with Crippen LogP contribution in [0.5, 0.6) is 5.75 Å². The van der Waals surface area contributed by atoms with Gasteiger partial charge in [0.05, 0.1) is 23.8 Å². The maximum Gasteiger partial charge on any atom is 0.547 e. The molecule has 0 spiro atoms. The van der Waals surface area contributed by atoms with Crippen molar-refractivity contribution in [2.45, 2.75) is 12.4 Å². The van der Waals surface area contributed by atoms with Crippen molar-refractivity contribution in [1.29, 1.82) is 0 Å². The zero-order valence-corrected chi connectivity index (χ0v) is 15.0. The van der Waals surface area contributed by atoms with Crippen molar-refractivity contribution in [3.05, 3.63) is 41.2 Å². The molecule has 2 heterocycles. The molecular weight excluding hydrogens is 369 g/mol. The number of para-hydroxylation sites is 1.